The first-order valence-corrected chi connectivity index (χ1v) is 4.84. The van der Waals surface area contributed by atoms with Gasteiger partial charge in [-0.05, 0) is 24.3 Å². The van der Waals surface area contributed by atoms with Crippen LogP contribution in [0.2, 0.25) is 0 Å². The first kappa shape index (κ1) is 10.0. The molecule has 0 aliphatic carbocycles. The molecule has 72 valence electrons. The Balaban J connectivity index is 3.10. The zero-order valence-corrected chi connectivity index (χ0v) is 8.72. The molecule has 0 aliphatic heterocycles. The minimum atomic E-state index is 0.233. The number of hydrogen-bond donors (Lipinski definition) is 1. The molecule has 13 heavy (non-hydrogen) atoms. The van der Waals surface area contributed by atoms with Gasteiger partial charge in [0.1, 0.15) is 0 Å². The monoisotopic (exact) mass is 178 g/mol. The lowest BCUT2D eigenvalue weighted by Crippen LogP contribution is -2.19. The molecule has 1 aromatic rings. The number of aromatic nitrogens is 2. The first-order valence-electron chi connectivity index (χ1n) is 4.84. The van der Waals surface area contributed by atoms with Crippen LogP contribution in [0.15, 0.2) is 12.8 Å². The zero-order valence-electron chi connectivity index (χ0n) is 8.72. The minimum Gasteiger partial charge on any atom is -0.285 e. The van der Waals surface area contributed by atoms with Crippen LogP contribution in [0.5, 0.6) is 0 Å². The van der Waals surface area contributed by atoms with Crippen molar-refractivity contribution >= 4 is 6.08 Å². The molecule has 0 saturated heterocycles. The summed E-state index contributed by atoms with van der Waals surface area (Å²) in [5, 5.41) is 7.06. The van der Waals surface area contributed by atoms with Crippen LogP contribution in [0, 0.1) is 0 Å². The summed E-state index contributed by atoms with van der Waals surface area (Å²) in [6, 6.07) is 0. The lowest BCUT2D eigenvalue weighted by Gasteiger charge is -2.26. The molecule has 1 rings (SSSR count). The van der Waals surface area contributed by atoms with Gasteiger partial charge in [-0.3, -0.25) is 5.10 Å². The fourth-order valence-corrected chi connectivity index (χ4v) is 1.57. The summed E-state index contributed by atoms with van der Waals surface area (Å²) in [4.78, 5) is 0. The Kier molecular flexibility index (Phi) is 2.91. The van der Waals surface area contributed by atoms with Crippen molar-refractivity contribution in [2.45, 2.75) is 39.0 Å². The van der Waals surface area contributed by atoms with E-state index in [1.807, 2.05) is 12.3 Å². The highest BCUT2D eigenvalue weighted by Gasteiger charge is 2.25. The van der Waals surface area contributed by atoms with Gasteiger partial charge in [-0.1, -0.05) is 27.4 Å². The maximum absolute atomic E-state index is 4.15. The Morgan fingerprint density at radius 1 is 1.54 bits per heavy atom. The smallest absolute Gasteiger partial charge is 0.0880 e. The normalized spacial score (nSPS) is 11.6. The molecule has 1 aromatic heterocycles. The van der Waals surface area contributed by atoms with E-state index in [-0.39, 0.29) is 5.41 Å². The Hall–Kier alpha value is -1.05. The minimum absolute atomic E-state index is 0.233. The molecule has 0 unspecified atom stereocenters. The standard InChI is InChI=1S/C11H18N2/c1-5-10-9(8-12-13-10)11(4,6-2)7-3/h5,8H,1,6-7H2,2-4H3,(H,12,13). The Morgan fingerprint density at radius 2 is 2.15 bits per heavy atom. The summed E-state index contributed by atoms with van der Waals surface area (Å²) in [6.45, 7) is 10.5. The van der Waals surface area contributed by atoms with Crippen molar-refractivity contribution < 1.29 is 0 Å². The predicted octanol–water partition coefficient (Wildman–Crippen LogP) is 3.13. The summed E-state index contributed by atoms with van der Waals surface area (Å²) >= 11 is 0. The van der Waals surface area contributed by atoms with E-state index in [4.69, 9.17) is 0 Å². The molecular formula is C11H18N2. The zero-order chi connectivity index (χ0) is 9.90. The fraction of sp³-hybridized carbons (Fsp3) is 0.545. The molecule has 0 atom stereocenters. The third-order valence-electron chi connectivity index (χ3n) is 3.07. The van der Waals surface area contributed by atoms with Crippen molar-refractivity contribution in [2.24, 2.45) is 0 Å². The largest absolute Gasteiger partial charge is 0.285 e. The van der Waals surface area contributed by atoms with E-state index in [2.05, 4.69) is 37.5 Å². The van der Waals surface area contributed by atoms with E-state index in [0.29, 0.717) is 0 Å². The highest BCUT2D eigenvalue weighted by atomic mass is 15.1. The number of rotatable bonds is 4. The van der Waals surface area contributed by atoms with E-state index in [1.165, 1.54) is 5.56 Å². The molecule has 2 nitrogen and oxygen atoms in total. The number of hydrogen-bond acceptors (Lipinski definition) is 1. The number of H-pyrrole nitrogens is 1. The summed E-state index contributed by atoms with van der Waals surface area (Å²) in [5.41, 5.74) is 2.51. The van der Waals surface area contributed by atoms with Crippen molar-refractivity contribution in [3.05, 3.63) is 24.0 Å². The van der Waals surface area contributed by atoms with E-state index >= 15 is 0 Å². The van der Waals surface area contributed by atoms with Gasteiger partial charge < -0.3 is 0 Å². The van der Waals surface area contributed by atoms with Crippen LogP contribution in [0.4, 0.5) is 0 Å². The van der Waals surface area contributed by atoms with Crippen LogP contribution in [0.3, 0.4) is 0 Å². The molecule has 0 radical (unpaired) electrons. The molecule has 0 aliphatic rings. The van der Waals surface area contributed by atoms with Gasteiger partial charge in [0.05, 0.1) is 5.69 Å². The highest BCUT2D eigenvalue weighted by Crippen LogP contribution is 2.32. The summed E-state index contributed by atoms with van der Waals surface area (Å²) in [5.74, 6) is 0. The molecule has 0 aromatic carbocycles. The van der Waals surface area contributed by atoms with Crippen molar-refractivity contribution in [2.75, 3.05) is 0 Å². The average molecular weight is 178 g/mol. The van der Waals surface area contributed by atoms with Gasteiger partial charge in [-0.2, -0.15) is 5.10 Å². The summed E-state index contributed by atoms with van der Waals surface area (Å²) in [6.07, 6.45) is 6.06. The SMILES string of the molecule is C=Cc1n[nH]cc1C(C)(CC)CC. The van der Waals surface area contributed by atoms with Gasteiger partial charge in [0.2, 0.25) is 0 Å². The average Bonchev–Trinajstić information content (AvgIpc) is 2.65. The highest BCUT2D eigenvalue weighted by molar-refractivity contribution is 5.48. The molecular weight excluding hydrogens is 160 g/mol. The molecule has 2 heteroatoms. The number of nitrogens with zero attached hydrogens (tertiary/aromatic N) is 1. The lowest BCUT2D eigenvalue weighted by atomic mass is 9.78. The lowest BCUT2D eigenvalue weighted by molar-refractivity contribution is 0.438. The fourth-order valence-electron chi connectivity index (χ4n) is 1.57. The Morgan fingerprint density at radius 3 is 2.62 bits per heavy atom. The summed E-state index contributed by atoms with van der Waals surface area (Å²) in [7, 11) is 0. The van der Waals surface area contributed by atoms with Crippen LogP contribution in [0.25, 0.3) is 6.08 Å². The van der Waals surface area contributed by atoms with E-state index in [1.54, 1.807) is 0 Å². The molecule has 0 fully saturated rings. The topological polar surface area (TPSA) is 28.7 Å². The van der Waals surface area contributed by atoms with Gasteiger partial charge in [-0.25, -0.2) is 0 Å². The second kappa shape index (κ2) is 3.77. The van der Waals surface area contributed by atoms with Gasteiger partial charge >= 0.3 is 0 Å². The summed E-state index contributed by atoms with van der Waals surface area (Å²) < 4.78 is 0. The third-order valence-corrected chi connectivity index (χ3v) is 3.07. The molecule has 1 N–H and O–H groups in total. The van der Waals surface area contributed by atoms with Crippen LogP contribution >= 0.6 is 0 Å². The predicted molar refractivity (Wildman–Crippen MR) is 56.6 cm³/mol. The maximum atomic E-state index is 4.15. The van der Waals surface area contributed by atoms with Gasteiger partial charge in [0.25, 0.3) is 0 Å². The van der Waals surface area contributed by atoms with Crippen LogP contribution in [0.1, 0.15) is 44.9 Å². The van der Waals surface area contributed by atoms with Crippen molar-refractivity contribution in [1.29, 1.82) is 0 Å². The third kappa shape index (κ3) is 1.67. The van der Waals surface area contributed by atoms with Crippen molar-refractivity contribution in [1.82, 2.24) is 10.2 Å². The molecule has 0 saturated carbocycles. The number of aromatic amines is 1. The second-order valence-electron chi connectivity index (χ2n) is 3.66. The molecule has 0 amide bonds. The quantitative estimate of drug-likeness (QED) is 0.754. The van der Waals surface area contributed by atoms with Crippen LogP contribution < -0.4 is 0 Å². The van der Waals surface area contributed by atoms with E-state index < -0.39 is 0 Å². The first-order chi connectivity index (χ1) is 6.18. The van der Waals surface area contributed by atoms with Gasteiger partial charge in [0, 0.05) is 11.8 Å². The van der Waals surface area contributed by atoms with Gasteiger partial charge in [0.15, 0.2) is 0 Å². The van der Waals surface area contributed by atoms with Crippen molar-refractivity contribution in [3.63, 3.8) is 0 Å². The van der Waals surface area contributed by atoms with Crippen molar-refractivity contribution in [3.8, 4) is 0 Å². The molecule has 1 heterocycles. The van der Waals surface area contributed by atoms with E-state index in [9.17, 15) is 0 Å². The van der Waals surface area contributed by atoms with Gasteiger partial charge in [-0.15, -0.1) is 0 Å². The van der Waals surface area contributed by atoms with Crippen LogP contribution in [-0.4, -0.2) is 10.2 Å². The van der Waals surface area contributed by atoms with Crippen LogP contribution in [-0.2, 0) is 5.41 Å². The number of nitrogens with one attached hydrogen (secondary N) is 1. The Labute approximate surface area is 80.1 Å². The second-order valence-corrected chi connectivity index (χ2v) is 3.66. The molecule has 0 bridgehead atoms. The maximum Gasteiger partial charge on any atom is 0.0880 e. The molecule has 0 spiro atoms. The Bertz CT molecular complexity index is 282. The van der Waals surface area contributed by atoms with E-state index in [0.717, 1.165) is 18.5 Å².